The van der Waals surface area contributed by atoms with Crippen LogP contribution in [0.2, 0.25) is 0 Å². The van der Waals surface area contributed by atoms with Gasteiger partial charge in [-0.25, -0.2) is 4.57 Å². The van der Waals surface area contributed by atoms with E-state index < -0.39 is 32.5 Å². The second-order valence-corrected chi connectivity index (χ2v) is 19.5. The van der Waals surface area contributed by atoms with Crippen LogP contribution in [0.5, 0.6) is 0 Å². The lowest BCUT2D eigenvalue weighted by Crippen LogP contribution is -2.29. The number of ether oxygens (including phenoxy) is 2. The van der Waals surface area contributed by atoms with E-state index in [4.69, 9.17) is 24.3 Å². The zero-order valence-electron chi connectivity index (χ0n) is 44.9. The average Bonchev–Trinajstić information content (AvgIpc) is 3.36. The third-order valence-electron chi connectivity index (χ3n) is 11.4. The van der Waals surface area contributed by atoms with Crippen molar-refractivity contribution < 1.29 is 37.6 Å². The number of carbonyl (C=O) groups is 2. The Morgan fingerprint density at radius 2 is 0.775 bits per heavy atom. The number of nitrogens with two attached hydrogens (primary N) is 1. The van der Waals surface area contributed by atoms with Crippen LogP contribution >= 0.6 is 7.82 Å². The molecule has 71 heavy (non-hydrogen) atoms. The van der Waals surface area contributed by atoms with Crippen LogP contribution in [-0.4, -0.2) is 49.3 Å². The highest BCUT2D eigenvalue weighted by Crippen LogP contribution is 2.43. The van der Waals surface area contributed by atoms with Crippen molar-refractivity contribution in [3.05, 3.63) is 122 Å². The smallest absolute Gasteiger partial charge is 0.462 e. The Morgan fingerprint density at radius 1 is 0.437 bits per heavy atom. The standard InChI is InChI=1S/C61H102NO8P/c1-3-5-7-9-11-13-15-17-19-20-21-22-23-24-25-26-27-28-29-30-31-32-33-34-35-36-37-38-40-42-44-46-48-50-52-54-61(64)70-59(58-69-71(65,66)68-56-55-62)57-67-60(63)53-51-49-47-45-43-41-39-18-16-14-12-10-8-6-4-2/h5,7,11,13,17,19,21-22,24-25,27-28,30-31,33-34,36-37,40,42,59H,3-4,6,8-10,12,14-16,18,20,23,26,29,32,35,38-39,41,43-58,62H2,1-2H3,(H,65,66)/b7-5-,13-11-,19-17-,22-21-,25-24-,28-27-,31-30-,34-33-,37-36-,42-40-. The monoisotopic (exact) mass is 1010 g/mol. The van der Waals surface area contributed by atoms with Gasteiger partial charge in [0.25, 0.3) is 0 Å². The van der Waals surface area contributed by atoms with Gasteiger partial charge in [0.1, 0.15) is 6.61 Å². The molecule has 0 fully saturated rings. The fourth-order valence-electron chi connectivity index (χ4n) is 7.25. The molecule has 2 atom stereocenters. The Hall–Kier alpha value is -3.59. The summed E-state index contributed by atoms with van der Waals surface area (Å²) in [6.45, 7) is 3.59. The van der Waals surface area contributed by atoms with Crippen LogP contribution in [0.3, 0.4) is 0 Å². The summed E-state index contributed by atoms with van der Waals surface area (Å²) in [6.07, 6.45) is 76.8. The van der Waals surface area contributed by atoms with Crippen LogP contribution in [0.25, 0.3) is 0 Å². The summed E-state index contributed by atoms with van der Waals surface area (Å²) in [7, 11) is -4.40. The topological polar surface area (TPSA) is 134 Å². The molecule has 2 unspecified atom stereocenters. The molecule has 9 nitrogen and oxygen atoms in total. The SMILES string of the molecule is CC/C=C\C/C=C\C/C=C\C/C=C\C/C=C\C/C=C\C/C=C\C/C=C\C/C=C\C/C=C\CCCCCCC(=O)OC(COC(=O)CCCCCCCCCCCCCCCCC)COP(=O)(O)OCCN. The fourth-order valence-corrected chi connectivity index (χ4v) is 8.02. The van der Waals surface area contributed by atoms with Gasteiger partial charge in [0.2, 0.25) is 0 Å². The summed E-state index contributed by atoms with van der Waals surface area (Å²) < 4.78 is 32.9. The number of esters is 2. The van der Waals surface area contributed by atoms with Crippen molar-refractivity contribution in [2.75, 3.05) is 26.4 Å². The van der Waals surface area contributed by atoms with Gasteiger partial charge in [0.15, 0.2) is 6.10 Å². The second-order valence-electron chi connectivity index (χ2n) is 18.1. The molecule has 0 rings (SSSR count). The predicted molar refractivity (Wildman–Crippen MR) is 302 cm³/mol. The van der Waals surface area contributed by atoms with Crippen molar-refractivity contribution >= 4 is 19.8 Å². The van der Waals surface area contributed by atoms with E-state index in [-0.39, 0.29) is 32.6 Å². The molecule has 0 aliphatic heterocycles. The molecule has 0 aliphatic carbocycles. The van der Waals surface area contributed by atoms with E-state index in [1.807, 2.05) is 0 Å². The summed E-state index contributed by atoms with van der Waals surface area (Å²) in [4.78, 5) is 35.1. The number of hydrogen-bond acceptors (Lipinski definition) is 8. The Bertz CT molecular complexity index is 1570. The van der Waals surface area contributed by atoms with Crippen LogP contribution < -0.4 is 5.73 Å². The van der Waals surface area contributed by atoms with E-state index in [9.17, 15) is 19.0 Å². The van der Waals surface area contributed by atoms with Crippen molar-refractivity contribution in [2.24, 2.45) is 5.73 Å². The first-order valence-corrected chi connectivity index (χ1v) is 29.5. The molecule has 0 amide bonds. The minimum absolute atomic E-state index is 0.0438. The van der Waals surface area contributed by atoms with Crippen LogP contribution in [0.15, 0.2) is 122 Å². The summed E-state index contributed by atoms with van der Waals surface area (Å²) in [5, 5.41) is 0. The van der Waals surface area contributed by atoms with Gasteiger partial charge in [-0.15, -0.1) is 0 Å². The normalized spacial score (nSPS) is 14.0. The molecule has 0 saturated carbocycles. The molecule has 0 bridgehead atoms. The maximum Gasteiger partial charge on any atom is 0.472 e. The van der Waals surface area contributed by atoms with Gasteiger partial charge in [-0.1, -0.05) is 238 Å². The maximum absolute atomic E-state index is 12.7. The van der Waals surface area contributed by atoms with Gasteiger partial charge >= 0.3 is 19.8 Å². The van der Waals surface area contributed by atoms with Gasteiger partial charge < -0.3 is 20.1 Å². The molecule has 404 valence electrons. The van der Waals surface area contributed by atoms with Gasteiger partial charge in [0.05, 0.1) is 13.2 Å². The summed E-state index contributed by atoms with van der Waals surface area (Å²) in [5.74, 6) is -0.861. The molecule has 0 saturated heterocycles. The maximum atomic E-state index is 12.7. The molecule has 0 aliphatic rings. The number of phosphoric ester groups is 1. The number of hydrogen-bond donors (Lipinski definition) is 2. The molecular weight excluding hydrogens is 906 g/mol. The van der Waals surface area contributed by atoms with Crippen molar-refractivity contribution in [1.29, 1.82) is 0 Å². The van der Waals surface area contributed by atoms with E-state index in [1.54, 1.807) is 0 Å². The largest absolute Gasteiger partial charge is 0.472 e. The third-order valence-corrected chi connectivity index (χ3v) is 12.3. The molecule has 3 N–H and O–H groups in total. The number of unbranched alkanes of at least 4 members (excludes halogenated alkanes) is 18. The van der Waals surface area contributed by atoms with Crippen LogP contribution in [-0.2, 0) is 32.7 Å². The van der Waals surface area contributed by atoms with Crippen molar-refractivity contribution in [1.82, 2.24) is 0 Å². The fraction of sp³-hybridized carbons (Fsp3) is 0.639. The summed E-state index contributed by atoms with van der Waals surface area (Å²) in [6, 6.07) is 0. The van der Waals surface area contributed by atoms with Gasteiger partial charge in [-0.2, -0.15) is 0 Å². The summed E-state index contributed by atoms with van der Waals surface area (Å²) in [5.41, 5.74) is 5.37. The molecule has 0 aromatic carbocycles. The summed E-state index contributed by atoms with van der Waals surface area (Å²) >= 11 is 0. The van der Waals surface area contributed by atoms with E-state index in [2.05, 4.69) is 135 Å². The molecule has 10 heteroatoms. The quantitative estimate of drug-likeness (QED) is 0.0264. The van der Waals surface area contributed by atoms with Crippen LogP contribution in [0.1, 0.15) is 219 Å². The lowest BCUT2D eigenvalue weighted by molar-refractivity contribution is -0.161. The van der Waals surface area contributed by atoms with Crippen LogP contribution in [0.4, 0.5) is 0 Å². The van der Waals surface area contributed by atoms with Crippen LogP contribution in [0, 0.1) is 0 Å². The first-order valence-electron chi connectivity index (χ1n) is 28.0. The van der Waals surface area contributed by atoms with Crippen molar-refractivity contribution in [3.63, 3.8) is 0 Å². The van der Waals surface area contributed by atoms with Crippen molar-refractivity contribution in [3.8, 4) is 0 Å². The van der Waals surface area contributed by atoms with Gasteiger partial charge in [-0.3, -0.25) is 18.6 Å². The number of carbonyl (C=O) groups excluding carboxylic acids is 2. The lowest BCUT2D eigenvalue weighted by Gasteiger charge is -2.19. The average molecular weight is 1010 g/mol. The highest BCUT2D eigenvalue weighted by Gasteiger charge is 2.26. The van der Waals surface area contributed by atoms with E-state index >= 15 is 0 Å². The highest BCUT2D eigenvalue weighted by atomic mass is 31.2. The molecule has 0 aromatic heterocycles. The Labute approximate surface area is 434 Å². The Morgan fingerprint density at radius 3 is 1.15 bits per heavy atom. The van der Waals surface area contributed by atoms with Gasteiger partial charge in [0, 0.05) is 19.4 Å². The van der Waals surface area contributed by atoms with E-state index in [0.717, 1.165) is 109 Å². The molecule has 0 spiro atoms. The Kier molecular flexibility index (Phi) is 52.9. The highest BCUT2D eigenvalue weighted by molar-refractivity contribution is 7.47. The predicted octanol–water partition coefficient (Wildman–Crippen LogP) is 17.6. The first kappa shape index (κ1) is 67.4. The zero-order valence-corrected chi connectivity index (χ0v) is 45.8. The Balaban J connectivity index is 4.09. The number of rotatable bonds is 51. The lowest BCUT2D eigenvalue weighted by atomic mass is 10.0. The number of phosphoric acid groups is 1. The van der Waals surface area contributed by atoms with E-state index in [0.29, 0.717) is 6.42 Å². The zero-order chi connectivity index (χ0) is 51.7. The third kappa shape index (κ3) is 55.6. The molecular formula is C61H102NO8P. The minimum atomic E-state index is -4.40. The second kappa shape index (κ2) is 55.7. The van der Waals surface area contributed by atoms with Crippen molar-refractivity contribution in [2.45, 2.75) is 225 Å². The number of allylic oxidation sites excluding steroid dienone is 20. The molecule has 0 radical (unpaired) electrons. The van der Waals surface area contributed by atoms with Gasteiger partial charge in [-0.05, 0) is 89.9 Å². The minimum Gasteiger partial charge on any atom is -0.462 e. The van der Waals surface area contributed by atoms with E-state index in [1.165, 1.54) is 77.0 Å². The molecule has 0 heterocycles. The molecule has 0 aromatic rings. The first-order chi connectivity index (χ1) is 34.8.